The van der Waals surface area contributed by atoms with E-state index in [1.54, 1.807) is 24.3 Å². The summed E-state index contributed by atoms with van der Waals surface area (Å²) in [6, 6.07) is 14.9. The number of amides is 1. The zero-order valence-corrected chi connectivity index (χ0v) is 16.2. The third-order valence-electron chi connectivity index (χ3n) is 3.93. The lowest BCUT2D eigenvalue weighted by Gasteiger charge is -2.16. The molecule has 0 bridgehead atoms. The number of carbonyl (C=O) groups excluding carboxylic acids is 1. The second-order valence-corrected chi connectivity index (χ2v) is 7.04. The molecule has 27 heavy (non-hydrogen) atoms. The molecule has 136 valence electrons. The summed E-state index contributed by atoms with van der Waals surface area (Å²) in [5.74, 6) is -0.213. The molecule has 0 fully saturated rings. The average Bonchev–Trinajstić information content (AvgIpc) is 2.65. The first-order chi connectivity index (χ1) is 13.0. The summed E-state index contributed by atoms with van der Waals surface area (Å²) in [5.41, 5.74) is 3.42. The fourth-order valence-corrected chi connectivity index (χ4v) is 2.88. The number of anilines is 2. The summed E-state index contributed by atoms with van der Waals surface area (Å²) < 4.78 is 0. The summed E-state index contributed by atoms with van der Waals surface area (Å²) in [7, 11) is 0. The Morgan fingerprint density at radius 2 is 1.85 bits per heavy atom. The van der Waals surface area contributed by atoms with Crippen LogP contribution in [0.1, 0.15) is 30.9 Å². The van der Waals surface area contributed by atoms with E-state index in [0.717, 1.165) is 39.2 Å². The molecule has 2 aromatic rings. The van der Waals surface area contributed by atoms with Crippen molar-refractivity contribution in [2.24, 2.45) is 0 Å². The van der Waals surface area contributed by atoms with Gasteiger partial charge in [-0.05, 0) is 60.0 Å². The Bertz CT molecular complexity index is 934. The van der Waals surface area contributed by atoms with Gasteiger partial charge in [0.2, 0.25) is 0 Å². The highest BCUT2D eigenvalue weighted by Gasteiger charge is 2.15. The Balaban J connectivity index is 2.16. The molecular formula is C21H20N4OS. The second-order valence-electron chi connectivity index (χ2n) is 6.18. The lowest BCUT2D eigenvalue weighted by Crippen LogP contribution is -2.17. The van der Waals surface area contributed by atoms with Crippen molar-refractivity contribution in [3.63, 3.8) is 0 Å². The van der Waals surface area contributed by atoms with Crippen LogP contribution in [0.25, 0.3) is 0 Å². The molecule has 0 aliphatic heterocycles. The fourth-order valence-electron chi connectivity index (χ4n) is 2.50. The van der Waals surface area contributed by atoms with Crippen LogP contribution in [0.5, 0.6) is 0 Å². The van der Waals surface area contributed by atoms with Crippen LogP contribution in [0.4, 0.5) is 11.4 Å². The summed E-state index contributed by atoms with van der Waals surface area (Å²) in [5, 5.41) is 25.8. The molecule has 6 heteroatoms. The van der Waals surface area contributed by atoms with E-state index in [1.807, 2.05) is 36.6 Å². The number of thiocyanates is 1. The highest BCUT2D eigenvalue weighted by Crippen LogP contribution is 2.27. The minimum atomic E-state index is -0.460. The largest absolute Gasteiger partial charge is 0.360 e. The summed E-state index contributed by atoms with van der Waals surface area (Å²) in [6.07, 6.45) is 1.38. The number of nitrogens with zero attached hydrogens (tertiary/aromatic N) is 2. The molecule has 0 atom stereocenters. The quantitative estimate of drug-likeness (QED) is 0.315. The molecule has 0 radical (unpaired) electrons. The molecule has 0 spiro atoms. The predicted octanol–water partition coefficient (Wildman–Crippen LogP) is 5.15. The SMILES string of the molecule is Cc1cccc(C(C)C)c1NC(=O)/C(C#N)=C\Nc1ccc(SC#N)cc1. The Morgan fingerprint density at radius 3 is 2.44 bits per heavy atom. The van der Waals surface area contributed by atoms with E-state index in [1.165, 1.54) is 6.20 Å². The number of nitriles is 2. The molecule has 2 rings (SSSR count). The normalized spacial score (nSPS) is 10.8. The van der Waals surface area contributed by atoms with Gasteiger partial charge < -0.3 is 10.6 Å². The van der Waals surface area contributed by atoms with Crippen LogP contribution < -0.4 is 10.6 Å². The maximum Gasteiger partial charge on any atom is 0.267 e. The van der Waals surface area contributed by atoms with E-state index in [9.17, 15) is 10.1 Å². The number of para-hydroxylation sites is 1. The van der Waals surface area contributed by atoms with Gasteiger partial charge in [-0.3, -0.25) is 4.79 Å². The van der Waals surface area contributed by atoms with Gasteiger partial charge in [-0.25, -0.2) is 0 Å². The molecule has 0 aromatic heterocycles. The molecule has 5 nitrogen and oxygen atoms in total. The molecule has 2 aromatic carbocycles. The van der Waals surface area contributed by atoms with Crippen molar-refractivity contribution in [2.75, 3.05) is 10.6 Å². The molecule has 0 unspecified atom stereocenters. The average molecular weight is 376 g/mol. The fraction of sp³-hybridized carbons (Fsp3) is 0.190. The first kappa shape index (κ1) is 20.1. The Morgan fingerprint density at radius 1 is 1.15 bits per heavy atom. The van der Waals surface area contributed by atoms with Gasteiger partial charge in [0.15, 0.2) is 0 Å². The first-order valence-electron chi connectivity index (χ1n) is 8.40. The van der Waals surface area contributed by atoms with E-state index < -0.39 is 5.91 Å². The van der Waals surface area contributed by atoms with Crippen LogP contribution in [-0.2, 0) is 4.79 Å². The van der Waals surface area contributed by atoms with Gasteiger partial charge in [-0.15, -0.1) is 0 Å². The third-order valence-corrected chi connectivity index (χ3v) is 4.53. The summed E-state index contributed by atoms with van der Waals surface area (Å²) in [6.45, 7) is 6.04. The number of rotatable bonds is 6. The number of carbonyl (C=O) groups is 1. The van der Waals surface area contributed by atoms with Crippen molar-refractivity contribution >= 4 is 29.0 Å². The van der Waals surface area contributed by atoms with Crippen molar-refractivity contribution in [1.29, 1.82) is 10.5 Å². The topological polar surface area (TPSA) is 88.7 Å². The lowest BCUT2D eigenvalue weighted by atomic mass is 9.98. The smallest absolute Gasteiger partial charge is 0.267 e. The number of thioether (sulfide) groups is 1. The maximum absolute atomic E-state index is 12.5. The lowest BCUT2D eigenvalue weighted by molar-refractivity contribution is -0.112. The Kier molecular flexibility index (Phi) is 7.05. The van der Waals surface area contributed by atoms with Gasteiger partial charge in [0.25, 0.3) is 5.91 Å². The number of benzene rings is 2. The number of hydrogen-bond acceptors (Lipinski definition) is 5. The molecule has 0 aliphatic rings. The summed E-state index contributed by atoms with van der Waals surface area (Å²) >= 11 is 1.07. The standard InChI is InChI=1S/C21H20N4OS/c1-14(2)19-6-4-5-15(3)20(19)25-21(26)16(11-22)12-24-17-7-9-18(10-8-17)27-13-23/h4-10,12,14,24H,1-3H3,(H,25,26)/b16-12-. The van der Waals surface area contributed by atoms with E-state index in [-0.39, 0.29) is 11.5 Å². The zero-order valence-electron chi connectivity index (χ0n) is 15.4. The van der Waals surface area contributed by atoms with Crippen LogP contribution in [0.3, 0.4) is 0 Å². The molecule has 0 saturated carbocycles. The van der Waals surface area contributed by atoms with Crippen molar-refractivity contribution < 1.29 is 4.79 Å². The molecule has 1 amide bonds. The number of nitrogens with one attached hydrogen (secondary N) is 2. The van der Waals surface area contributed by atoms with Gasteiger partial charge in [0, 0.05) is 22.5 Å². The van der Waals surface area contributed by atoms with Gasteiger partial charge in [-0.2, -0.15) is 10.5 Å². The van der Waals surface area contributed by atoms with Crippen LogP contribution >= 0.6 is 11.8 Å². The number of hydrogen-bond donors (Lipinski definition) is 2. The molecular weight excluding hydrogens is 356 g/mol. The second kappa shape index (κ2) is 9.47. The van der Waals surface area contributed by atoms with E-state index >= 15 is 0 Å². The van der Waals surface area contributed by atoms with Crippen molar-refractivity contribution in [3.8, 4) is 11.5 Å². The van der Waals surface area contributed by atoms with Crippen molar-refractivity contribution in [3.05, 3.63) is 65.4 Å². The van der Waals surface area contributed by atoms with Gasteiger partial charge in [-0.1, -0.05) is 32.0 Å². The third kappa shape index (κ3) is 5.37. The minimum Gasteiger partial charge on any atom is -0.360 e. The molecule has 0 aliphatic carbocycles. The van der Waals surface area contributed by atoms with Gasteiger partial charge >= 0.3 is 0 Å². The van der Waals surface area contributed by atoms with Crippen LogP contribution in [0.15, 0.2) is 59.1 Å². The van der Waals surface area contributed by atoms with Crippen LogP contribution in [0.2, 0.25) is 0 Å². The Labute approximate surface area is 163 Å². The Hall–Kier alpha value is -3.22. The molecule has 0 heterocycles. The van der Waals surface area contributed by atoms with Crippen LogP contribution in [0, 0.1) is 28.9 Å². The van der Waals surface area contributed by atoms with Crippen molar-refractivity contribution in [1.82, 2.24) is 0 Å². The predicted molar refractivity (Wildman–Crippen MR) is 109 cm³/mol. The summed E-state index contributed by atoms with van der Waals surface area (Å²) in [4.78, 5) is 13.4. The highest BCUT2D eigenvalue weighted by molar-refractivity contribution is 8.03. The van der Waals surface area contributed by atoms with Crippen molar-refractivity contribution in [2.45, 2.75) is 31.6 Å². The molecule has 0 saturated heterocycles. The van der Waals surface area contributed by atoms with E-state index in [4.69, 9.17) is 5.26 Å². The first-order valence-corrected chi connectivity index (χ1v) is 9.21. The minimum absolute atomic E-state index is 0.0246. The van der Waals surface area contributed by atoms with Crippen LogP contribution in [-0.4, -0.2) is 5.91 Å². The number of aryl methyl sites for hydroxylation is 1. The molecule has 2 N–H and O–H groups in total. The van der Waals surface area contributed by atoms with Gasteiger partial charge in [0.05, 0.1) is 0 Å². The highest BCUT2D eigenvalue weighted by atomic mass is 32.2. The zero-order chi connectivity index (χ0) is 19.8. The van der Waals surface area contributed by atoms with Gasteiger partial charge in [0.1, 0.15) is 17.0 Å². The maximum atomic E-state index is 12.5. The monoisotopic (exact) mass is 376 g/mol. The van der Waals surface area contributed by atoms with E-state index in [0.29, 0.717) is 0 Å². The van der Waals surface area contributed by atoms with E-state index in [2.05, 4.69) is 24.5 Å².